The average molecular weight is 165 g/mol. The molecule has 0 heterocycles. The Balaban J connectivity index is 2.51. The fraction of sp³-hybridized carbons (Fsp3) is 0.300. The van der Waals surface area contributed by atoms with E-state index in [-0.39, 0.29) is 7.92 Å². The lowest BCUT2D eigenvalue weighted by Crippen LogP contribution is -1.82. The van der Waals surface area contributed by atoms with E-state index in [4.69, 9.17) is 0 Å². The largest absolute Gasteiger partial charge is 0.317 e. The highest BCUT2D eigenvalue weighted by Crippen LogP contribution is 2.36. The molecule has 0 aliphatic carbocycles. The van der Waals surface area contributed by atoms with Crippen molar-refractivity contribution < 1.29 is 0 Å². The van der Waals surface area contributed by atoms with Gasteiger partial charge < -0.3 is 6.66 Å². The maximum absolute atomic E-state index is 4.12. The lowest BCUT2D eigenvalue weighted by Gasteiger charge is -2.16. The second-order valence-corrected chi connectivity index (χ2v) is 4.92. The van der Waals surface area contributed by atoms with E-state index in [9.17, 15) is 0 Å². The van der Waals surface area contributed by atoms with Crippen LogP contribution in [0.1, 0.15) is 12.5 Å². The Kier molecular flexibility index (Phi) is 3.59. The normalized spacial score (nSPS) is 12.9. The Labute approximate surface area is 70.4 Å². The molecule has 0 nitrogen and oxygen atoms in total. The van der Waals surface area contributed by atoms with Crippen LogP contribution in [0.3, 0.4) is 0 Å². The molecule has 0 saturated carbocycles. The highest BCUT2D eigenvalue weighted by Gasteiger charge is 1.91. The van der Waals surface area contributed by atoms with Crippen LogP contribution in [0, 0.1) is 6.66 Å². The van der Waals surface area contributed by atoms with Crippen molar-refractivity contribution in [3.8, 4) is 0 Å². The standard InChI is InChI=1S/C10H14P/c1-3-11(2)9-10-7-5-4-6-8-10/h4-8H,2-3,9H2,1H3/q-1. The van der Waals surface area contributed by atoms with E-state index in [1.807, 2.05) is 0 Å². The van der Waals surface area contributed by atoms with Crippen LogP contribution in [-0.4, -0.2) is 6.16 Å². The number of hydrogen-bond donors (Lipinski definition) is 0. The fourth-order valence-corrected chi connectivity index (χ4v) is 1.90. The molecule has 0 aromatic heterocycles. The van der Waals surface area contributed by atoms with Crippen LogP contribution in [0.5, 0.6) is 0 Å². The second-order valence-electron chi connectivity index (χ2n) is 2.63. The molecule has 0 spiro atoms. The summed E-state index contributed by atoms with van der Waals surface area (Å²) in [5, 5.41) is 0. The molecule has 0 amide bonds. The number of benzene rings is 1. The molecular weight excluding hydrogens is 151 g/mol. The maximum Gasteiger partial charge on any atom is -0.0358 e. The van der Waals surface area contributed by atoms with Crippen LogP contribution in [0.15, 0.2) is 30.3 Å². The Bertz CT molecular complexity index is 193. The van der Waals surface area contributed by atoms with E-state index >= 15 is 0 Å². The summed E-state index contributed by atoms with van der Waals surface area (Å²) in [6.45, 7) is 6.33. The Morgan fingerprint density at radius 1 is 1.27 bits per heavy atom. The molecule has 1 unspecified atom stereocenters. The third-order valence-electron chi connectivity index (χ3n) is 1.70. The van der Waals surface area contributed by atoms with Crippen LogP contribution < -0.4 is 0 Å². The summed E-state index contributed by atoms with van der Waals surface area (Å²) < 4.78 is 0. The number of hydrogen-bond acceptors (Lipinski definition) is 0. The van der Waals surface area contributed by atoms with Crippen molar-refractivity contribution in [2.45, 2.75) is 13.1 Å². The molecule has 60 valence electrons. The summed E-state index contributed by atoms with van der Waals surface area (Å²) in [6, 6.07) is 10.6. The van der Waals surface area contributed by atoms with E-state index in [2.05, 4.69) is 43.9 Å². The molecule has 1 atom stereocenters. The molecule has 1 aromatic carbocycles. The molecule has 1 rings (SSSR count). The van der Waals surface area contributed by atoms with Gasteiger partial charge in [0.05, 0.1) is 0 Å². The third kappa shape index (κ3) is 3.03. The monoisotopic (exact) mass is 165 g/mol. The first-order chi connectivity index (χ1) is 5.33. The quantitative estimate of drug-likeness (QED) is 0.475. The minimum Gasteiger partial charge on any atom is -0.317 e. The molecular formula is C10H14P-. The van der Waals surface area contributed by atoms with Gasteiger partial charge in [0.15, 0.2) is 0 Å². The molecule has 1 aromatic rings. The highest BCUT2D eigenvalue weighted by molar-refractivity contribution is 7.58. The van der Waals surface area contributed by atoms with Gasteiger partial charge in [0.25, 0.3) is 0 Å². The molecule has 0 fully saturated rings. The van der Waals surface area contributed by atoms with Crippen molar-refractivity contribution in [2.24, 2.45) is 0 Å². The Morgan fingerprint density at radius 2 is 1.91 bits per heavy atom. The van der Waals surface area contributed by atoms with E-state index < -0.39 is 0 Å². The van der Waals surface area contributed by atoms with Crippen molar-refractivity contribution in [1.82, 2.24) is 0 Å². The van der Waals surface area contributed by atoms with E-state index in [0.29, 0.717) is 0 Å². The van der Waals surface area contributed by atoms with E-state index in [1.165, 1.54) is 17.9 Å². The van der Waals surface area contributed by atoms with Gasteiger partial charge in [-0.2, -0.15) is 0 Å². The molecule has 0 N–H and O–H groups in total. The molecule has 0 bridgehead atoms. The first-order valence-electron chi connectivity index (χ1n) is 3.92. The molecule has 1 heteroatoms. The van der Waals surface area contributed by atoms with Gasteiger partial charge in [-0.1, -0.05) is 43.4 Å². The molecule has 0 aliphatic heterocycles. The summed E-state index contributed by atoms with van der Waals surface area (Å²) >= 11 is 0. The zero-order valence-electron chi connectivity index (χ0n) is 6.96. The van der Waals surface area contributed by atoms with E-state index in [1.54, 1.807) is 0 Å². The molecule has 11 heavy (non-hydrogen) atoms. The Morgan fingerprint density at radius 3 is 2.45 bits per heavy atom. The van der Waals surface area contributed by atoms with Gasteiger partial charge in [-0.15, -0.1) is 0 Å². The predicted molar refractivity (Wildman–Crippen MR) is 53.0 cm³/mol. The minimum absolute atomic E-state index is 0.00463. The zero-order valence-corrected chi connectivity index (χ0v) is 7.85. The smallest absolute Gasteiger partial charge is 0.0358 e. The van der Waals surface area contributed by atoms with Crippen molar-refractivity contribution in [3.05, 3.63) is 42.6 Å². The molecule has 0 aliphatic rings. The molecule has 0 radical (unpaired) electrons. The summed E-state index contributed by atoms with van der Waals surface area (Å²) in [5.74, 6) is 0. The lowest BCUT2D eigenvalue weighted by atomic mass is 10.2. The SMILES string of the molecule is [CH2-]P(CC)Cc1ccccc1. The highest BCUT2D eigenvalue weighted by atomic mass is 31.1. The summed E-state index contributed by atoms with van der Waals surface area (Å²) in [5.41, 5.74) is 1.43. The summed E-state index contributed by atoms with van der Waals surface area (Å²) in [6.07, 6.45) is 2.40. The van der Waals surface area contributed by atoms with Crippen molar-refractivity contribution >= 4 is 7.92 Å². The zero-order chi connectivity index (χ0) is 8.10. The van der Waals surface area contributed by atoms with Gasteiger partial charge in [0, 0.05) is 0 Å². The van der Waals surface area contributed by atoms with Crippen LogP contribution in [0.2, 0.25) is 0 Å². The van der Waals surface area contributed by atoms with Crippen LogP contribution in [0.25, 0.3) is 0 Å². The minimum atomic E-state index is -0.00463. The van der Waals surface area contributed by atoms with Gasteiger partial charge in [-0.3, -0.25) is 7.92 Å². The third-order valence-corrected chi connectivity index (χ3v) is 3.40. The predicted octanol–water partition coefficient (Wildman–Crippen LogP) is 3.48. The first kappa shape index (κ1) is 8.74. The van der Waals surface area contributed by atoms with Gasteiger partial charge in [0.2, 0.25) is 0 Å². The Hall–Kier alpha value is -0.350. The summed E-state index contributed by atoms with van der Waals surface area (Å²) in [7, 11) is -0.00463. The van der Waals surface area contributed by atoms with Crippen molar-refractivity contribution in [1.29, 1.82) is 0 Å². The van der Waals surface area contributed by atoms with Gasteiger partial charge >= 0.3 is 0 Å². The van der Waals surface area contributed by atoms with Crippen LogP contribution in [-0.2, 0) is 6.16 Å². The van der Waals surface area contributed by atoms with Gasteiger partial charge in [-0.25, -0.2) is 0 Å². The number of rotatable bonds is 3. The maximum atomic E-state index is 4.12. The fourth-order valence-electron chi connectivity index (χ4n) is 0.953. The first-order valence-corrected chi connectivity index (χ1v) is 5.82. The summed E-state index contributed by atoms with van der Waals surface area (Å²) in [4.78, 5) is 0. The molecule has 0 saturated heterocycles. The van der Waals surface area contributed by atoms with Crippen LogP contribution in [0.4, 0.5) is 0 Å². The van der Waals surface area contributed by atoms with Crippen molar-refractivity contribution in [3.63, 3.8) is 0 Å². The van der Waals surface area contributed by atoms with Crippen LogP contribution >= 0.6 is 7.92 Å². The van der Waals surface area contributed by atoms with Gasteiger partial charge in [-0.05, 0) is 11.7 Å². The van der Waals surface area contributed by atoms with Gasteiger partial charge in [0.1, 0.15) is 0 Å². The average Bonchev–Trinajstić information content (AvgIpc) is 2.06. The van der Waals surface area contributed by atoms with E-state index in [0.717, 1.165) is 0 Å². The van der Waals surface area contributed by atoms with Crippen molar-refractivity contribution in [2.75, 3.05) is 6.16 Å². The second kappa shape index (κ2) is 4.51. The lowest BCUT2D eigenvalue weighted by molar-refractivity contribution is 1.36. The topological polar surface area (TPSA) is 0 Å².